The molecule has 5 nitrogen and oxygen atoms in total. The fourth-order valence-electron chi connectivity index (χ4n) is 3.43. The predicted octanol–water partition coefficient (Wildman–Crippen LogP) is 2.98. The third-order valence-electron chi connectivity index (χ3n) is 4.54. The lowest BCUT2D eigenvalue weighted by Gasteiger charge is -2.32. The van der Waals surface area contributed by atoms with Crippen LogP contribution in [-0.2, 0) is 6.54 Å². The number of likely N-dealkylation sites (tertiary alicyclic amines) is 1. The highest BCUT2D eigenvalue weighted by atomic mass is 15.3. The van der Waals surface area contributed by atoms with Crippen LogP contribution in [0, 0.1) is 0 Å². The Bertz CT molecular complexity index is 732. The number of aromatic nitrogens is 4. The summed E-state index contributed by atoms with van der Waals surface area (Å²) in [5, 5.41) is 8.59. The molecule has 4 rings (SSSR count). The van der Waals surface area contributed by atoms with Crippen molar-refractivity contribution in [3.05, 3.63) is 66.5 Å². The number of rotatable bonds is 4. The lowest BCUT2D eigenvalue weighted by atomic mass is 9.97. The van der Waals surface area contributed by atoms with Crippen LogP contribution in [0.3, 0.4) is 0 Å². The predicted molar refractivity (Wildman–Crippen MR) is 89.4 cm³/mol. The van der Waals surface area contributed by atoms with Gasteiger partial charge in [0.05, 0.1) is 0 Å². The first kappa shape index (κ1) is 14.2. The summed E-state index contributed by atoms with van der Waals surface area (Å²) in [5.41, 5.74) is 2.41. The molecule has 23 heavy (non-hydrogen) atoms. The Morgan fingerprint density at radius 3 is 2.87 bits per heavy atom. The highest BCUT2D eigenvalue weighted by Crippen LogP contribution is 2.27. The molecule has 0 radical (unpaired) electrons. The average molecular weight is 307 g/mol. The average Bonchev–Trinajstić information content (AvgIpc) is 3.27. The Labute approximate surface area is 136 Å². The van der Waals surface area contributed by atoms with Gasteiger partial charge in [0.15, 0.2) is 0 Å². The minimum absolute atomic E-state index is 0.432. The molecule has 1 unspecified atom stereocenters. The van der Waals surface area contributed by atoms with E-state index >= 15 is 0 Å². The molecule has 1 saturated heterocycles. The van der Waals surface area contributed by atoms with Crippen molar-refractivity contribution in [3.8, 4) is 5.69 Å². The fraction of sp³-hybridized carbons (Fsp3) is 0.333. The molecule has 0 saturated carbocycles. The zero-order chi connectivity index (χ0) is 15.5. The van der Waals surface area contributed by atoms with Gasteiger partial charge in [0.2, 0.25) is 0 Å². The molecule has 2 aromatic heterocycles. The van der Waals surface area contributed by atoms with Crippen LogP contribution in [0.5, 0.6) is 0 Å². The number of piperidine rings is 1. The van der Waals surface area contributed by atoms with Crippen molar-refractivity contribution in [2.45, 2.75) is 25.3 Å². The van der Waals surface area contributed by atoms with E-state index in [0.29, 0.717) is 5.92 Å². The van der Waals surface area contributed by atoms with Gasteiger partial charge in [0.1, 0.15) is 12.2 Å². The van der Waals surface area contributed by atoms with E-state index in [1.165, 1.54) is 18.5 Å². The van der Waals surface area contributed by atoms with Gasteiger partial charge < -0.3 is 4.98 Å². The molecule has 0 bridgehead atoms. The summed E-state index contributed by atoms with van der Waals surface area (Å²) >= 11 is 0. The standard InChI is InChI=1S/C18H21N5/c1-2-8-17(9-3-1)23-14-20-21-18(23)15-6-5-11-22(12-15)13-16-7-4-10-19-16/h1-4,7-10,14-15,19H,5-6,11-13H2. The third-order valence-corrected chi connectivity index (χ3v) is 4.54. The van der Waals surface area contributed by atoms with E-state index in [2.05, 4.69) is 61.0 Å². The van der Waals surface area contributed by atoms with Crippen LogP contribution in [0.2, 0.25) is 0 Å². The van der Waals surface area contributed by atoms with Crippen molar-refractivity contribution in [1.29, 1.82) is 0 Å². The summed E-state index contributed by atoms with van der Waals surface area (Å²) in [7, 11) is 0. The third kappa shape index (κ3) is 3.05. The Morgan fingerprint density at radius 2 is 2.04 bits per heavy atom. The van der Waals surface area contributed by atoms with E-state index < -0.39 is 0 Å². The zero-order valence-electron chi connectivity index (χ0n) is 13.1. The summed E-state index contributed by atoms with van der Waals surface area (Å²) < 4.78 is 2.13. The second-order valence-corrected chi connectivity index (χ2v) is 6.16. The zero-order valence-corrected chi connectivity index (χ0v) is 13.1. The molecule has 1 aromatic carbocycles. The Balaban J connectivity index is 1.53. The van der Waals surface area contributed by atoms with Crippen molar-refractivity contribution in [3.63, 3.8) is 0 Å². The van der Waals surface area contributed by atoms with Gasteiger partial charge in [0, 0.05) is 36.6 Å². The van der Waals surface area contributed by atoms with Crippen LogP contribution in [-0.4, -0.2) is 37.7 Å². The van der Waals surface area contributed by atoms with Crippen molar-refractivity contribution in [1.82, 2.24) is 24.6 Å². The van der Waals surface area contributed by atoms with Crippen LogP contribution < -0.4 is 0 Å². The largest absolute Gasteiger partial charge is 0.364 e. The highest BCUT2D eigenvalue weighted by molar-refractivity contribution is 5.32. The molecule has 5 heteroatoms. The summed E-state index contributed by atoms with van der Waals surface area (Å²) in [6.07, 6.45) is 6.19. The minimum atomic E-state index is 0.432. The summed E-state index contributed by atoms with van der Waals surface area (Å²) in [6, 6.07) is 14.6. The maximum absolute atomic E-state index is 4.43. The fourth-order valence-corrected chi connectivity index (χ4v) is 3.43. The maximum atomic E-state index is 4.43. The molecular formula is C18H21N5. The second-order valence-electron chi connectivity index (χ2n) is 6.16. The summed E-state index contributed by atoms with van der Waals surface area (Å²) in [6.45, 7) is 3.16. The number of para-hydroxylation sites is 1. The first-order chi connectivity index (χ1) is 11.4. The molecule has 0 spiro atoms. The van der Waals surface area contributed by atoms with Gasteiger partial charge in [-0.15, -0.1) is 10.2 Å². The summed E-state index contributed by atoms with van der Waals surface area (Å²) in [4.78, 5) is 5.80. The molecule has 0 aliphatic carbocycles. The van der Waals surface area contributed by atoms with Gasteiger partial charge in [-0.25, -0.2) is 0 Å². The molecule has 1 N–H and O–H groups in total. The lowest BCUT2D eigenvalue weighted by Crippen LogP contribution is -2.34. The number of H-pyrrole nitrogens is 1. The van der Waals surface area contributed by atoms with E-state index in [1.807, 2.05) is 18.6 Å². The normalized spacial score (nSPS) is 19.0. The van der Waals surface area contributed by atoms with E-state index in [9.17, 15) is 0 Å². The smallest absolute Gasteiger partial charge is 0.141 e. The Hall–Kier alpha value is -2.40. The molecular weight excluding hydrogens is 286 g/mol. The lowest BCUT2D eigenvalue weighted by molar-refractivity contribution is 0.194. The molecule has 1 fully saturated rings. The maximum Gasteiger partial charge on any atom is 0.141 e. The first-order valence-electron chi connectivity index (χ1n) is 8.20. The van der Waals surface area contributed by atoms with Crippen LogP contribution in [0.1, 0.15) is 30.3 Å². The molecule has 3 aromatic rings. The highest BCUT2D eigenvalue weighted by Gasteiger charge is 2.25. The van der Waals surface area contributed by atoms with E-state index in [-0.39, 0.29) is 0 Å². The van der Waals surface area contributed by atoms with E-state index in [1.54, 1.807) is 0 Å². The quantitative estimate of drug-likeness (QED) is 0.806. The van der Waals surface area contributed by atoms with Crippen molar-refractivity contribution in [2.75, 3.05) is 13.1 Å². The van der Waals surface area contributed by atoms with Crippen LogP contribution >= 0.6 is 0 Å². The van der Waals surface area contributed by atoms with Gasteiger partial charge in [-0.3, -0.25) is 9.47 Å². The molecule has 118 valence electrons. The SMILES string of the molecule is c1ccc(-n2cnnc2C2CCCN(Cc3ccc[nH]3)C2)cc1. The van der Waals surface area contributed by atoms with Crippen LogP contribution in [0.25, 0.3) is 5.69 Å². The van der Waals surface area contributed by atoms with Crippen molar-refractivity contribution < 1.29 is 0 Å². The van der Waals surface area contributed by atoms with E-state index in [4.69, 9.17) is 0 Å². The van der Waals surface area contributed by atoms with Gasteiger partial charge in [0.25, 0.3) is 0 Å². The molecule has 3 heterocycles. The Kier molecular flexibility index (Phi) is 3.94. The van der Waals surface area contributed by atoms with Crippen molar-refractivity contribution in [2.24, 2.45) is 0 Å². The van der Waals surface area contributed by atoms with E-state index in [0.717, 1.165) is 31.1 Å². The van der Waals surface area contributed by atoms with Gasteiger partial charge >= 0.3 is 0 Å². The number of nitrogens with one attached hydrogen (secondary N) is 1. The first-order valence-corrected chi connectivity index (χ1v) is 8.20. The minimum Gasteiger partial charge on any atom is -0.364 e. The molecule has 1 atom stereocenters. The second kappa shape index (κ2) is 6.38. The monoisotopic (exact) mass is 307 g/mol. The molecule has 0 amide bonds. The van der Waals surface area contributed by atoms with Crippen LogP contribution in [0.15, 0.2) is 55.0 Å². The number of nitrogens with zero attached hydrogens (tertiary/aromatic N) is 4. The number of hydrogen-bond acceptors (Lipinski definition) is 3. The number of benzene rings is 1. The summed E-state index contributed by atoms with van der Waals surface area (Å²) in [5.74, 6) is 1.51. The number of aromatic amines is 1. The van der Waals surface area contributed by atoms with Crippen LogP contribution in [0.4, 0.5) is 0 Å². The van der Waals surface area contributed by atoms with Gasteiger partial charge in [-0.05, 0) is 43.7 Å². The number of hydrogen-bond donors (Lipinski definition) is 1. The van der Waals surface area contributed by atoms with Crippen molar-refractivity contribution >= 4 is 0 Å². The topological polar surface area (TPSA) is 49.7 Å². The van der Waals surface area contributed by atoms with Gasteiger partial charge in [-0.2, -0.15) is 0 Å². The van der Waals surface area contributed by atoms with Gasteiger partial charge in [-0.1, -0.05) is 18.2 Å². The molecule has 1 aliphatic rings. The Morgan fingerprint density at radius 1 is 1.13 bits per heavy atom. The molecule has 1 aliphatic heterocycles.